The first-order valence-corrected chi connectivity index (χ1v) is 6.68. The van der Waals surface area contributed by atoms with Gasteiger partial charge in [-0.3, -0.25) is 4.79 Å². The van der Waals surface area contributed by atoms with E-state index in [-0.39, 0.29) is 12.5 Å². The van der Waals surface area contributed by atoms with E-state index in [1.165, 1.54) is 5.56 Å². The van der Waals surface area contributed by atoms with Crippen molar-refractivity contribution in [1.29, 1.82) is 0 Å². The normalized spacial score (nSPS) is 10.2. The minimum atomic E-state index is -0.201. The zero-order valence-corrected chi connectivity index (χ0v) is 12.2. The van der Waals surface area contributed by atoms with Crippen LogP contribution in [0.2, 0.25) is 5.02 Å². The van der Waals surface area contributed by atoms with E-state index in [2.05, 4.69) is 5.32 Å². The van der Waals surface area contributed by atoms with Crippen molar-refractivity contribution in [2.75, 3.05) is 11.9 Å². The Bertz CT molecular complexity index is 626. The van der Waals surface area contributed by atoms with Crippen LogP contribution in [0, 0.1) is 13.8 Å². The molecule has 0 aliphatic rings. The highest BCUT2D eigenvalue weighted by atomic mass is 35.5. The van der Waals surface area contributed by atoms with Gasteiger partial charge in [0, 0.05) is 10.7 Å². The van der Waals surface area contributed by atoms with Gasteiger partial charge in [0.15, 0.2) is 6.61 Å². The van der Waals surface area contributed by atoms with Crippen LogP contribution in [0.25, 0.3) is 0 Å². The predicted molar refractivity (Wildman–Crippen MR) is 81.5 cm³/mol. The van der Waals surface area contributed by atoms with Crippen LogP contribution >= 0.6 is 11.6 Å². The summed E-state index contributed by atoms with van der Waals surface area (Å²) < 4.78 is 5.38. The molecule has 4 heteroatoms. The molecule has 1 N–H and O–H groups in total. The lowest BCUT2D eigenvalue weighted by molar-refractivity contribution is -0.118. The van der Waals surface area contributed by atoms with E-state index >= 15 is 0 Å². The van der Waals surface area contributed by atoms with Gasteiger partial charge in [-0.1, -0.05) is 23.7 Å². The first kappa shape index (κ1) is 14.4. The lowest BCUT2D eigenvalue weighted by Crippen LogP contribution is -2.20. The second-order valence-electron chi connectivity index (χ2n) is 4.59. The molecule has 0 atom stereocenters. The lowest BCUT2D eigenvalue weighted by atomic mass is 10.1. The molecule has 0 heterocycles. The zero-order chi connectivity index (χ0) is 14.5. The highest BCUT2D eigenvalue weighted by Crippen LogP contribution is 2.17. The maximum atomic E-state index is 11.8. The molecule has 0 aromatic heterocycles. The van der Waals surface area contributed by atoms with Gasteiger partial charge in [-0.05, 0) is 55.3 Å². The molecule has 0 unspecified atom stereocenters. The van der Waals surface area contributed by atoms with Crippen molar-refractivity contribution < 1.29 is 9.53 Å². The van der Waals surface area contributed by atoms with E-state index in [0.29, 0.717) is 10.8 Å². The molecule has 0 radical (unpaired) electrons. The standard InChI is InChI=1S/C16H16ClNO2/c1-11-6-7-14(8-12(11)2)18-16(19)10-20-15-5-3-4-13(17)9-15/h3-9H,10H2,1-2H3,(H,18,19). The second-order valence-corrected chi connectivity index (χ2v) is 5.03. The van der Waals surface area contributed by atoms with Gasteiger partial charge in [0.05, 0.1) is 0 Å². The minimum Gasteiger partial charge on any atom is -0.484 e. The molecule has 0 saturated carbocycles. The first-order chi connectivity index (χ1) is 9.54. The molecule has 2 aromatic carbocycles. The molecule has 0 saturated heterocycles. The molecule has 3 nitrogen and oxygen atoms in total. The number of carbonyl (C=O) groups is 1. The van der Waals surface area contributed by atoms with Gasteiger partial charge in [0.1, 0.15) is 5.75 Å². The van der Waals surface area contributed by atoms with E-state index in [1.54, 1.807) is 24.3 Å². The van der Waals surface area contributed by atoms with Crippen LogP contribution in [-0.4, -0.2) is 12.5 Å². The minimum absolute atomic E-state index is 0.0483. The average Bonchev–Trinajstić information content (AvgIpc) is 2.41. The number of benzene rings is 2. The van der Waals surface area contributed by atoms with Crippen molar-refractivity contribution in [2.45, 2.75) is 13.8 Å². The highest BCUT2D eigenvalue weighted by Gasteiger charge is 2.05. The zero-order valence-electron chi connectivity index (χ0n) is 11.4. The van der Waals surface area contributed by atoms with Crippen molar-refractivity contribution in [3.8, 4) is 5.75 Å². The highest BCUT2D eigenvalue weighted by molar-refractivity contribution is 6.30. The number of carbonyl (C=O) groups excluding carboxylic acids is 1. The molecule has 0 bridgehead atoms. The molecule has 0 aliphatic carbocycles. The van der Waals surface area contributed by atoms with Gasteiger partial charge in [-0.25, -0.2) is 0 Å². The summed E-state index contributed by atoms with van der Waals surface area (Å²) in [4.78, 5) is 11.8. The van der Waals surface area contributed by atoms with Gasteiger partial charge in [0.25, 0.3) is 5.91 Å². The molecular weight excluding hydrogens is 274 g/mol. The largest absolute Gasteiger partial charge is 0.484 e. The summed E-state index contributed by atoms with van der Waals surface area (Å²) in [6.07, 6.45) is 0. The summed E-state index contributed by atoms with van der Waals surface area (Å²) in [5.74, 6) is 0.376. The summed E-state index contributed by atoms with van der Waals surface area (Å²) >= 11 is 5.84. The third kappa shape index (κ3) is 4.00. The van der Waals surface area contributed by atoms with Crippen molar-refractivity contribution in [3.63, 3.8) is 0 Å². The third-order valence-corrected chi connectivity index (χ3v) is 3.19. The van der Waals surface area contributed by atoms with E-state index in [9.17, 15) is 4.79 Å². The summed E-state index contributed by atoms with van der Waals surface area (Å²) in [5, 5.41) is 3.38. The Morgan fingerprint density at radius 1 is 1.15 bits per heavy atom. The second kappa shape index (κ2) is 6.44. The fourth-order valence-electron chi connectivity index (χ4n) is 1.72. The first-order valence-electron chi connectivity index (χ1n) is 6.30. The number of aryl methyl sites for hydroxylation is 2. The monoisotopic (exact) mass is 289 g/mol. The summed E-state index contributed by atoms with van der Waals surface area (Å²) in [5.41, 5.74) is 3.10. The Kier molecular flexibility index (Phi) is 4.64. The SMILES string of the molecule is Cc1ccc(NC(=O)COc2cccc(Cl)c2)cc1C. The third-order valence-electron chi connectivity index (χ3n) is 2.96. The quantitative estimate of drug-likeness (QED) is 0.925. The van der Waals surface area contributed by atoms with E-state index < -0.39 is 0 Å². The maximum Gasteiger partial charge on any atom is 0.262 e. The van der Waals surface area contributed by atoms with Gasteiger partial charge < -0.3 is 10.1 Å². The van der Waals surface area contributed by atoms with Crippen LogP contribution in [0.15, 0.2) is 42.5 Å². The van der Waals surface area contributed by atoms with Gasteiger partial charge in [-0.2, -0.15) is 0 Å². The summed E-state index contributed by atoms with van der Waals surface area (Å²) in [6, 6.07) is 12.7. The predicted octanol–water partition coefficient (Wildman–Crippen LogP) is 3.97. The molecule has 1 amide bonds. The molecule has 0 fully saturated rings. The number of nitrogens with one attached hydrogen (secondary N) is 1. The number of amides is 1. The van der Waals surface area contributed by atoms with Crippen molar-refractivity contribution in [3.05, 3.63) is 58.6 Å². The van der Waals surface area contributed by atoms with Crippen molar-refractivity contribution in [2.24, 2.45) is 0 Å². The number of hydrogen-bond acceptors (Lipinski definition) is 2. The van der Waals surface area contributed by atoms with Crippen molar-refractivity contribution >= 4 is 23.2 Å². The number of halogens is 1. The average molecular weight is 290 g/mol. The van der Waals surface area contributed by atoms with Crippen LogP contribution in [0.4, 0.5) is 5.69 Å². The van der Waals surface area contributed by atoms with Crippen LogP contribution in [0.3, 0.4) is 0 Å². The van der Waals surface area contributed by atoms with Crippen LogP contribution < -0.4 is 10.1 Å². The Morgan fingerprint density at radius 3 is 2.65 bits per heavy atom. The van der Waals surface area contributed by atoms with E-state index in [4.69, 9.17) is 16.3 Å². The fourth-order valence-corrected chi connectivity index (χ4v) is 1.90. The smallest absolute Gasteiger partial charge is 0.262 e. The Balaban J connectivity index is 1.91. The molecule has 104 valence electrons. The molecule has 2 aromatic rings. The summed E-state index contributed by atoms with van der Waals surface area (Å²) in [7, 11) is 0. The Labute approximate surface area is 123 Å². The lowest BCUT2D eigenvalue weighted by Gasteiger charge is -2.09. The number of anilines is 1. The number of rotatable bonds is 4. The van der Waals surface area contributed by atoms with Crippen LogP contribution in [0.5, 0.6) is 5.75 Å². The number of ether oxygens (including phenoxy) is 1. The summed E-state index contributed by atoms with van der Waals surface area (Å²) in [6.45, 7) is 3.99. The van der Waals surface area contributed by atoms with Gasteiger partial charge in [0.2, 0.25) is 0 Å². The molecule has 20 heavy (non-hydrogen) atoms. The van der Waals surface area contributed by atoms with Crippen molar-refractivity contribution in [1.82, 2.24) is 0 Å². The van der Waals surface area contributed by atoms with Gasteiger partial charge in [-0.15, -0.1) is 0 Å². The molecule has 0 spiro atoms. The topological polar surface area (TPSA) is 38.3 Å². The van der Waals surface area contributed by atoms with E-state index in [0.717, 1.165) is 11.3 Å². The fraction of sp³-hybridized carbons (Fsp3) is 0.188. The molecular formula is C16H16ClNO2. The Morgan fingerprint density at radius 2 is 1.95 bits per heavy atom. The molecule has 0 aliphatic heterocycles. The number of hydrogen-bond donors (Lipinski definition) is 1. The van der Waals surface area contributed by atoms with Crippen LogP contribution in [-0.2, 0) is 4.79 Å². The van der Waals surface area contributed by atoms with Crippen LogP contribution in [0.1, 0.15) is 11.1 Å². The van der Waals surface area contributed by atoms with Gasteiger partial charge >= 0.3 is 0 Å². The Hall–Kier alpha value is -2.00. The van der Waals surface area contributed by atoms with E-state index in [1.807, 2.05) is 32.0 Å². The maximum absolute atomic E-state index is 11.8. The molecule has 2 rings (SSSR count).